The van der Waals surface area contributed by atoms with Gasteiger partial charge in [-0.05, 0) is 56.8 Å². The van der Waals surface area contributed by atoms with Gasteiger partial charge in [0.15, 0.2) is 5.65 Å². The molecular formula is C22H29N5. The summed E-state index contributed by atoms with van der Waals surface area (Å²) in [5, 5.41) is 1.23. The molecule has 1 aromatic carbocycles. The zero-order valence-corrected chi connectivity index (χ0v) is 16.9. The SMILES string of the molecule is CC.CCCN(C)Cc1ccc2[nH]c(-c3ccnc4nc(C)[nH]c34)cc2c1. The zero-order valence-electron chi connectivity index (χ0n) is 16.9. The Morgan fingerprint density at radius 2 is 1.89 bits per heavy atom. The highest BCUT2D eigenvalue weighted by Crippen LogP contribution is 2.29. The summed E-state index contributed by atoms with van der Waals surface area (Å²) in [5.41, 5.74) is 6.42. The molecule has 0 saturated heterocycles. The van der Waals surface area contributed by atoms with Gasteiger partial charge >= 0.3 is 0 Å². The predicted molar refractivity (Wildman–Crippen MR) is 114 cm³/mol. The molecule has 142 valence electrons. The van der Waals surface area contributed by atoms with Crippen LogP contribution in [0.4, 0.5) is 0 Å². The summed E-state index contributed by atoms with van der Waals surface area (Å²) in [6.07, 6.45) is 2.99. The maximum atomic E-state index is 4.43. The highest BCUT2D eigenvalue weighted by atomic mass is 15.1. The molecule has 5 nitrogen and oxygen atoms in total. The first-order valence-electron chi connectivity index (χ1n) is 9.76. The van der Waals surface area contributed by atoms with Crippen LogP contribution in [0.5, 0.6) is 0 Å². The number of aromatic amines is 2. The molecule has 0 unspecified atom stereocenters. The van der Waals surface area contributed by atoms with Gasteiger partial charge in [-0.1, -0.05) is 26.8 Å². The van der Waals surface area contributed by atoms with E-state index in [-0.39, 0.29) is 0 Å². The molecule has 0 radical (unpaired) electrons. The number of nitrogens with zero attached hydrogens (tertiary/aromatic N) is 3. The molecule has 0 aliphatic heterocycles. The van der Waals surface area contributed by atoms with Crippen molar-refractivity contribution in [3.8, 4) is 11.3 Å². The summed E-state index contributed by atoms with van der Waals surface area (Å²) >= 11 is 0. The lowest BCUT2D eigenvalue weighted by Crippen LogP contribution is -2.18. The second-order valence-electron chi connectivity index (χ2n) is 6.72. The Labute approximate surface area is 160 Å². The smallest absolute Gasteiger partial charge is 0.178 e. The summed E-state index contributed by atoms with van der Waals surface area (Å²) in [6, 6.07) is 10.9. The number of pyridine rings is 1. The van der Waals surface area contributed by atoms with Crippen LogP contribution in [0.3, 0.4) is 0 Å². The number of rotatable bonds is 5. The number of hydrogen-bond acceptors (Lipinski definition) is 3. The summed E-state index contributed by atoms with van der Waals surface area (Å²) in [7, 11) is 2.17. The van der Waals surface area contributed by atoms with Crippen LogP contribution in [0.2, 0.25) is 0 Å². The molecule has 0 bridgehead atoms. The lowest BCUT2D eigenvalue weighted by Gasteiger charge is -2.15. The topological polar surface area (TPSA) is 60.6 Å². The van der Waals surface area contributed by atoms with Crippen molar-refractivity contribution in [3.63, 3.8) is 0 Å². The molecule has 2 N–H and O–H groups in total. The average molecular weight is 364 g/mol. The molecule has 0 fully saturated rings. The van der Waals surface area contributed by atoms with Gasteiger partial charge in [-0.2, -0.15) is 0 Å². The third-order valence-electron chi connectivity index (χ3n) is 4.54. The van der Waals surface area contributed by atoms with Gasteiger partial charge in [-0.25, -0.2) is 9.97 Å². The van der Waals surface area contributed by atoms with Crippen molar-refractivity contribution < 1.29 is 0 Å². The number of aromatic nitrogens is 4. The number of aryl methyl sites for hydroxylation is 1. The van der Waals surface area contributed by atoms with Crippen LogP contribution in [-0.2, 0) is 6.54 Å². The van der Waals surface area contributed by atoms with Crippen LogP contribution in [0.25, 0.3) is 33.3 Å². The van der Waals surface area contributed by atoms with Gasteiger partial charge in [-0.15, -0.1) is 0 Å². The van der Waals surface area contributed by atoms with Crippen molar-refractivity contribution in [3.05, 3.63) is 47.9 Å². The second-order valence-corrected chi connectivity index (χ2v) is 6.72. The number of H-pyrrole nitrogens is 2. The lowest BCUT2D eigenvalue weighted by atomic mass is 10.1. The second kappa shape index (κ2) is 8.35. The van der Waals surface area contributed by atoms with Gasteiger partial charge in [0.25, 0.3) is 0 Å². The van der Waals surface area contributed by atoms with Crippen molar-refractivity contribution in [2.75, 3.05) is 13.6 Å². The number of hydrogen-bond donors (Lipinski definition) is 2. The van der Waals surface area contributed by atoms with E-state index in [2.05, 4.69) is 63.1 Å². The molecule has 3 heterocycles. The Balaban J connectivity index is 0.00000102. The maximum absolute atomic E-state index is 4.43. The van der Waals surface area contributed by atoms with Crippen LogP contribution >= 0.6 is 0 Å². The molecule has 5 heteroatoms. The minimum absolute atomic E-state index is 0.760. The molecule has 0 aliphatic carbocycles. The summed E-state index contributed by atoms with van der Waals surface area (Å²) in [5.74, 6) is 0.882. The van der Waals surface area contributed by atoms with Crippen LogP contribution in [0.15, 0.2) is 36.5 Å². The fourth-order valence-electron chi connectivity index (χ4n) is 3.45. The number of fused-ring (bicyclic) bond motifs is 2. The largest absolute Gasteiger partial charge is 0.354 e. The molecule has 4 rings (SSSR count). The third-order valence-corrected chi connectivity index (χ3v) is 4.54. The van der Waals surface area contributed by atoms with Crippen molar-refractivity contribution in [2.45, 2.75) is 40.7 Å². The number of benzene rings is 1. The average Bonchev–Trinajstić information content (AvgIpc) is 3.25. The van der Waals surface area contributed by atoms with Crippen LogP contribution in [0, 0.1) is 6.92 Å². The standard InChI is InChI=1S/C20H23N5.C2H6/c1-4-9-25(3)12-14-5-6-17-15(10-14)11-18(24-17)16-7-8-21-20-19(16)22-13(2)23-20;1-2/h5-8,10-11,24H,4,9,12H2,1-3H3,(H,21,22,23);1-2H3. The van der Waals surface area contributed by atoms with Gasteiger partial charge in [0.2, 0.25) is 0 Å². The Morgan fingerprint density at radius 3 is 2.67 bits per heavy atom. The maximum Gasteiger partial charge on any atom is 0.178 e. The van der Waals surface area contributed by atoms with Crippen LogP contribution in [-0.4, -0.2) is 38.4 Å². The Kier molecular flexibility index (Phi) is 5.91. The fraction of sp³-hybridized carbons (Fsp3) is 0.364. The monoisotopic (exact) mass is 363 g/mol. The molecule has 0 aliphatic rings. The van der Waals surface area contributed by atoms with Crippen molar-refractivity contribution in [2.24, 2.45) is 0 Å². The molecule has 0 amide bonds. The quantitative estimate of drug-likeness (QED) is 0.507. The Morgan fingerprint density at radius 1 is 1.07 bits per heavy atom. The van der Waals surface area contributed by atoms with E-state index < -0.39 is 0 Å². The first kappa shape index (κ1) is 19.1. The normalized spacial score (nSPS) is 11.2. The predicted octanol–water partition coefficient (Wildman–Crippen LogP) is 5.28. The van der Waals surface area contributed by atoms with Crippen molar-refractivity contribution in [1.29, 1.82) is 0 Å². The molecule has 4 aromatic rings. The van der Waals surface area contributed by atoms with E-state index >= 15 is 0 Å². The van der Waals surface area contributed by atoms with E-state index in [4.69, 9.17) is 0 Å². The van der Waals surface area contributed by atoms with Gasteiger partial charge in [-0.3, -0.25) is 0 Å². The van der Waals surface area contributed by atoms with Gasteiger partial charge in [0, 0.05) is 34.9 Å². The molecule has 0 spiro atoms. The zero-order chi connectivity index (χ0) is 19.4. The van der Waals surface area contributed by atoms with Crippen LogP contribution < -0.4 is 0 Å². The highest BCUT2D eigenvalue weighted by Gasteiger charge is 2.11. The van der Waals surface area contributed by atoms with E-state index in [1.165, 1.54) is 17.4 Å². The summed E-state index contributed by atoms with van der Waals surface area (Å²) < 4.78 is 0. The minimum Gasteiger partial charge on any atom is -0.354 e. The van der Waals surface area contributed by atoms with E-state index in [1.807, 2.05) is 33.0 Å². The van der Waals surface area contributed by atoms with Crippen molar-refractivity contribution >= 4 is 22.1 Å². The molecule has 0 atom stereocenters. The minimum atomic E-state index is 0.760. The molecule has 27 heavy (non-hydrogen) atoms. The Bertz CT molecular complexity index is 1030. The number of imidazole rings is 1. The first-order valence-corrected chi connectivity index (χ1v) is 9.76. The van der Waals surface area contributed by atoms with E-state index in [0.29, 0.717) is 0 Å². The lowest BCUT2D eigenvalue weighted by molar-refractivity contribution is 0.327. The van der Waals surface area contributed by atoms with E-state index in [1.54, 1.807) is 0 Å². The first-order chi connectivity index (χ1) is 13.1. The van der Waals surface area contributed by atoms with Gasteiger partial charge in [0.05, 0.1) is 5.52 Å². The van der Waals surface area contributed by atoms with E-state index in [9.17, 15) is 0 Å². The fourth-order valence-corrected chi connectivity index (χ4v) is 3.45. The number of nitrogens with one attached hydrogen (secondary N) is 2. The highest BCUT2D eigenvalue weighted by molar-refractivity contribution is 5.94. The molecular weight excluding hydrogens is 334 g/mol. The van der Waals surface area contributed by atoms with Gasteiger partial charge < -0.3 is 14.9 Å². The third kappa shape index (κ3) is 4.03. The Hall–Kier alpha value is -2.66. The van der Waals surface area contributed by atoms with Gasteiger partial charge in [0.1, 0.15) is 5.82 Å². The summed E-state index contributed by atoms with van der Waals surface area (Å²) in [4.78, 5) is 18.0. The van der Waals surface area contributed by atoms with Crippen LogP contribution in [0.1, 0.15) is 38.6 Å². The molecule has 0 saturated carbocycles. The summed E-state index contributed by atoms with van der Waals surface area (Å²) in [6.45, 7) is 10.3. The molecule has 3 aromatic heterocycles. The van der Waals surface area contributed by atoms with E-state index in [0.717, 1.165) is 46.9 Å². The van der Waals surface area contributed by atoms with Crippen molar-refractivity contribution in [1.82, 2.24) is 24.8 Å².